The van der Waals surface area contributed by atoms with Crippen molar-refractivity contribution in [2.75, 3.05) is 0 Å². The molecule has 1 rings (SSSR count). The number of aliphatic hydroxyl groups is 1. The Morgan fingerprint density at radius 2 is 1.85 bits per heavy atom. The number of carbonyl (C=O) groups excluding carboxylic acids is 1. The van der Waals surface area contributed by atoms with Crippen LogP contribution in [-0.2, 0) is 19.4 Å². The largest absolute Gasteiger partial charge is 0.457 e. The number of benzene rings is 1. The van der Waals surface area contributed by atoms with Crippen molar-refractivity contribution in [3.05, 3.63) is 41.3 Å². The summed E-state index contributed by atoms with van der Waals surface area (Å²) < 4.78 is 31.6. The summed E-state index contributed by atoms with van der Waals surface area (Å²) in [6, 6.07) is 8.07. The van der Waals surface area contributed by atoms with Gasteiger partial charge in [-0.15, -0.1) is 0 Å². The minimum absolute atomic E-state index is 0.0319. The molecule has 6 heteroatoms. The number of hydrogen-bond acceptors (Lipinski definition) is 5. The quantitative estimate of drug-likeness (QED) is 0.621. The molecule has 0 saturated heterocycles. The van der Waals surface area contributed by atoms with Gasteiger partial charge in [-0.1, -0.05) is 57.9 Å². The van der Waals surface area contributed by atoms with Crippen molar-refractivity contribution in [3.8, 4) is 0 Å². The average molecular weight is 383 g/mol. The van der Waals surface area contributed by atoms with Crippen LogP contribution in [0.5, 0.6) is 0 Å². The van der Waals surface area contributed by atoms with Gasteiger partial charge in [-0.3, -0.25) is 4.79 Å². The van der Waals surface area contributed by atoms with E-state index < -0.39 is 28.0 Å². The molecule has 0 amide bonds. The second-order valence-corrected chi connectivity index (χ2v) is 8.68. The van der Waals surface area contributed by atoms with Crippen molar-refractivity contribution in [1.82, 2.24) is 0 Å². The van der Waals surface area contributed by atoms with Crippen LogP contribution in [0, 0.1) is 5.92 Å². The number of esters is 1. The zero-order valence-corrected chi connectivity index (χ0v) is 16.8. The molecule has 26 heavy (non-hydrogen) atoms. The number of hydrogen-bond donors (Lipinski definition) is 1. The zero-order valence-electron chi connectivity index (χ0n) is 16.0. The molecule has 0 spiro atoms. The number of sulfone groups is 1. The average Bonchev–Trinajstić information content (AvgIpc) is 2.59. The molecule has 146 valence electrons. The fraction of sp³-hybridized carbons (Fsp3) is 0.550. The Morgan fingerprint density at radius 3 is 2.35 bits per heavy atom. The first-order valence-electron chi connectivity index (χ1n) is 9.05. The number of rotatable bonds is 10. The molecule has 0 aliphatic carbocycles. The maximum atomic E-state index is 13.1. The molecule has 2 unspecified atom stereocenters. The lowest BCUT2D eigenvalue weighted by Gasteiger charge is -2.24. The van der Waals surface area contributed by atoms with Crippen LogP contribution in [0.25, 0.3) is 0 Å². The first-order chi connectivity index (χ1) is 12.2. The Morgan fingerprint density at radius 1 is 1.23 bits per heavy atom. The third-order valence-electron chi connectivity index (χ3n) is 4.02. The molecule has 0 aromatic heterocycles. The van der Waals surface area contributed by atoms with Gasteiger partial charge in [0.15, 0.2) is 0 Å². The van der Waals surface area contributed by atoms with Crippen molar-refractivity contribution < 1.29 is 23.1 Å². The van der Waals surface area contributed by atoms with E-state index in [9.17, 15) is 18.3 Å². The fourth-order valence-electron chi connectivity index (χ4n) is 2.63. The normalized spacial score (nSPS) is 14.9. The van der Waals surface area contributed by atoms with E-state index >= 15 is 0 Å². The summed E-state index contributed by atoms with van der Waals surface area (Å²) in [6.45, 7) is 6.90. The molecule has 0 saturated carbocycles. The van der Waals surface area contributed by atoms with Gasteiger partial charge in [0.2, 0.25) is 9.84 Å². The minimum Gasteiger partial charge on any atom is -0.457 e. The van der Waals surface area contributed by atoms with E-state index in [1.165, 1.54) is 25.1 Å². The SMILES string of the molecule is CCCCC(O)C/C=C(\C(OC(C)=O)C(C)C)S(=O)(=O)c1ccccc1. The van der Waals surface area contributed by atoms with E-state index in [1.807, 2.05) is 6.92 Å². The van der Waals surface area contributed by atoms with Crippen molar-refractivity contribution in [3.63, 3.8) is 0 Å². The van der Waals surface area contributed by atoms with Crippen molar-refractivity contribution >= 4 is 15.8 Å². The van der Waals surface area contributed by atoms with Gasteiger partial charge >= 0.3 is 5.97 Å². The molecule has 1 aromatic carbocycles. The van der Waals surface area contributed by atoms with E-state index in [1.54, 1.807) is 32.0 Å². The summed E-state index contributed by atoms with van der Waals surface area (Å²) in [7, 11) is -3.83. The summed E-state index contributed by atoms with van der Waals surface area (Å²) in [5.74, 6) is -0.763. The van der Waals surface area contributed by atoms with E-state index in [2.05, 4.69) is 0 Å². The van der Waals surface area contributed by atoms with Gasteiger partial charge in [0.1, 0.15) is 6.10 Å². The van der Waals surface area contributed by atoms with Crippen molar-refractivity contribution in [2.45, 2.75) is 70.5 Å². The molecular weight excluding hydrogens is 352 g/mol. The van der Waals surface area contributed by atoms with Crippen LogP contribution >= 0.6 is 0 Å². The van der Waals surface area contributed by atoms with E-state index in [-0.39, 0.29) is 22.1 Å². The smallest absolute Gasteiger partial charge is 0.303 e. The van der Waals surface area contributed by atoms with Gasteiger partial charge < -0.3 is 9.84 Å². The van der Waals surface area contributed by atoms with Crippen LogP contribution < -0.4 is 0 Å². The lowest BCUT2D eigenvalue weighted by molar-refractivity contribution is -0.146. The van der Waals surface area contributed by atoms with Gasteiger partial charge in [-0.05, 0) is 30.9 Å². The summed E-state index contributed by atoms with van der Waals surface area (Å²) in [6.07, 6.45) is 2.62. The van der Waals surface area contributed by atoms with Crippen LogP contribution in [0.2, 0.25) is 0 Å². The van der Waals surface area contributed by atoms with Gasteiger partial charge in [-0.2, -0.15) is 0 Å². The molecule has 1 N–H and O–H groups in total. The predicted octanol–water partition coefficient (Wildman–Crippen LogP) is 3.87. The first-order valence-corrected chi connectivity index (χ1v) is 10.5. The highest BCUT2D eigenvalue weighted by Crippen LogP contribution is 2.28. The fourth-order valence-corrected chi connectivity index (χ4v) is 4.36. The van der Waals surface area contributed by atoms with Gasteiger partial charge in [-0.25, -0.2) is 8.42 Å². The Labute approximate surface area is 157 Å². The topological polar surface area (TPSA) is 80.7 Å². The Kier molecular flexibility index (Phi) is 9.02. The summed E-state index contributed by atoms with van der Waals surface area (Å²) in [5.41, 5.74) is 0. The third kappa shape index (κ3) is 6.57. The predicted molar refractivity (Wildman–Crippen MR) is 102 cm³/mol. The van der Waals surface area contributed by atoms with E-state index in [4.69, 9.17) is 4.74 Å². The highest BCUT2D eigenvalue weighted by Gasteiger charge is 2.32. The number of aliphatic hydroxyl groups excluding tert-OH is 1. The molecule has 0 aliphatic rings. The monoisotopic (exact) mass is 382 g/mol. The maximum absolute atomic E-state index is 13.1. The Hall–Kier alpha value is -1.66. The van der Waals surface area contributed by atoms with Crippen molar-refractivity contribution in [2.24, 2.45) is 5.92 Å². The number of unbranched alkanes of at least 4 members (excludes halogenated alkanes) is 1. The van der Waals surface area contributed by atoms with Crippen LogP contribution in [-0.4, -0.2) is 31.7 Å². The molecule has 0 bridgehead atoms. The number of ether oxygens (including phenoxy) is 1. The van der Waals surface area contributed by atoms with Crippen LogP contribution in [0.3, 0.4) is 0 Å². The van der Waals surface area contributed by atoms with Crippen molar-refractivity contribution in [1.29, 1.82) is 0 Å². The lowest BCUT2D eigenvalue weighted by Crippen LogP contribution is -2.29. The van der Waals surface area contributed by atoms with E-state index in [0.717, 1.165) is 12.8 Å². The third-order valence-corrected chi connectivity index (χ3v) is 5.94. The molecule has 2 atom stereocenters. The molecule has 0 heterocycles. The zero-order chi connectivity index (χ0) is 19.7. The minimum atomic E-state index is -3.83. The highest BCUT2D eigenvalue weighted by atomic mass is 32.2. The van der Waals surface area contributed by atoms with E-state index in [0.29, 0.717) is 6.42 Å². The van der Waals surface area contributed by atoms with Crippen LogP contribution in [0.4, 0.5) is 0 Å². The molecule has 0 aliphatic heterocycles. The van der Waals surface area contributed by atoms with Crippen LogP contribution in [0.1, 0.15) is 53.4 Å². The Balaban J connectivity index is 3.30. The summed E-state index contributed by atoms with van der Waals surface area (Å²) in [4.78, 5) is 11.7. The van der Waals surface area contributed by atoms with Crippen LogP contribution in [0.15, 0.2) is 46.2 Å². The first kappa shape index (κ1) is 22.4. The highest BCUT2D eigenvalue weighted by molar-refractivity contribution is 7.95. The maximum Gasteiger partial charge on any atom is 0.303 e. The molecule has 0 radical (unpaired) electrons. The Bertz CT molecular complexity index is 692. The molecule has 1 aromatic rings. The second kappa shape index (κ2) is 10.5. The second-order valence-electron chi connectivity index (χ2n) is 6.73. The standard InChI is InChI=1S/C20H30O5S/c1-5-6-10-17(22)13-14-19(20(15(2)3)25-16(4)21)26(23,24)18-11-8-7-9-12-18/h7-9,11-12,14-15,17,20,22H,5-6,10,13H2,1-4H3/b19-14+. The number of carbonyl (C=O) groups is 1. The van der Waals surface area contributed by atoms with Gasteiger partial charge in [0.05, 0.1) is 15.9 Å². The van der Waals surface area contributed by atoms with Gasteiger partial charge in [0, 0.05) is 6.92 Å². The van der Waals surface area contributed by atoms with Gasteiger partial charge in [0.25, 0.3) is 0 Å². The summed E-state index contributed by atoms with van der Waals surface area (Å²) in [5, 5.41) is 10.1. The molecular formula is C20H30O5S. The summed E-state index contributed by atoms with van der Waals surface area (Å²) >= 11 is 0. The lowest BCUT2D eigenvalue weighted by atomic mass is 10.0. The molecule has 0 fully saturated rings. The molecule has 5 nitrogen and oxygen atoms in total.